The van der Waals surface area contributed by atoms with Crippen molar-refractivity contribution in [2.24, 2.45) is 5.92 Å². The number of rotatable bonds is 7. The molecule has 0 unspecified atom stereocenters. The second-order valence-corrected chi connectivity index (χ2v) is 4.89. The van der Waals surface area contributed by atoms with Crippen molar-refractivity contribution in [3.63, 3.8) is 0 Å². The molecule has 0 atom stereocenters. The maximum atomic E-state index is 11.0. The number of hydrogen-bond acceptors (Lipinski definition) is 1. The summed E-state index contributed by atoms with van der Waals surface area (Å²) in [5.74, 6) is -0.174. The largest absolute Gasteiger partial charge is 0.478 e. The van der Waals surface area contributed by atoms with Crippen LogP contribution >= 0.6 is 0 Å². The molecule has 0 aliphatic heterocycles. The molecule has 17 heavy (non-hydrogen) atoms. The minimum atomic E-state index is -0.884. The van der Waals surface area contributed by atoms with Crippen LogP contribution in [0.5, 0.6) is 0 Å². The fourth-order valence-electron chi connectivity index (χ4n) is 1.64. The van der Waals surface area contributed by atoms with Crippen molar-refractivity contribution < 1.29 is 9.90 Å². The zero-order valence-electron chi connectivity index (χ0n) is 11.4. The van der Waals surface area contributed by atoms with Crippen LogP contribution in [0.4, 0.5) is 0 Å². The summed E-state index contributed by atoms with van der Waals surface area (Å²) in [6.07, 6.45) is 7.09. The number of carbonyl (C=O) groups is 1. The molecular formula is C15H24O2. The maximum Gasteiger partial charge on any atom is 0.335 e. The third-order valence-corrected chi connectivity index (χ3v) is 2.57. The molecule has 0 aromatic rings. The summed E-state index contributed by atoms with van der Waals surface area (Å²) in [5.41, 5.74) is 1.84. The van der Waals surface area contributed by atoms with Gasteiger partial charge in [0.25, 0.3) is 0 Å². The van der Waals surface area contributed by atoms with Gasteiger partial charge in [-0.3, -0.25) is 0 Å². The van der Waals surface area contributed by atoms with E-state index in [4.69, 9.17) is 5.11 Å². The molecule has 1 N–H and O–H groups in total. The molecule has 0 rings (SSSR count). The smallest absolute Gasteiger partial charge is 0.335 e. The summed E-state index contributed by atoms with van der Waals surface area (Å²) in [5, 5.41) is 9.05. The quantitative estimate of drug-likeness (QED) is 0.405. The van der Waals surface area contributed by atoms with Crippen molar-refractivity contribution in [2.75, 3.05) is 0 Å². The molecule has 0 aromatic heterocycles. The summed E-state index contributed by atoms with van der Waals surface area (Å²) in [4.78, 5) is 11.0. The van der Waals surface area contributed by atoms with Gasteiger partial charge in [0, 0.05) is 0 Å². The molecule has 0 saturated heterocycles. The highest BCUT2D eigenvalue weighted by atomic mass is 16.4. The second kappa shape index (κ2) is 7.88. The molecule has 96 valence electrons. The van der Waals surface area contributed by atoms with Gasteiger partial charge >= 0.3 is 5.97 Å². The van der Waals surface area contributed by atoms with E-state index in [0.29, 0.717) is 23.5 Å². The first kappa shape index (κ1) is 15.7. The average molecular weight is 236 g/mol. The predicted octanol–water partition coefficient (Wildman–Crippen LogP) is 4.35. The Morgan fingerprint density at radius 1 is 1.29 bits per heavy atom. The molecule has 0 heterocycles. The Kier molecular flexibility index (Phi) is 7.27. The van der Waals surface area contributed by atoms with E-state index in [1.54, 1.807) is 6.92 Å². The minimum Gasteiger partial charge on any atom is -0.478 e. The van der Waals surface area contributed by atoms with Crippen molar-refractivity contribution >= 4 is 5.97 Å². The fraction of sp³-hybridized carbons (Fsp3) is 0.533. The van der Waals surface area contributed by atoms with Gasteiger partial charge in [-0.15, -0.1) is 0 Å². The Bertz CT molecular complexity index is 317. The first-order valence-electron chi connectivity index (χ1n) is 6.10. The molecule has 0 aromatic carbocycles. The summed E-state index contributed by atoms with van der Waals surface area (Å²) >= 11 is 0. The topological polar surface area (TPSA) is 37.3 Å². The maximum absolute atomic E-state index is 11.0. The van der Waals surface area contributed by atoms with Crippen LogP contribution in [-0.4, -0.2) is 11.1 Å². The van der Waals surface area contributed by atoms with Gasteiger partial charge in [0.15, 0.2) is 0 Å². The predicted molar refractivity (Wildman–Crippen MR) is 73.0 cm³/mol. The molecular weight excluding hydrogens is 212 g/mol. The van der Waals surface area contributed by atoms with Crippen LogP contribution in [0.1, 0.15) is 47.0 Å². The fourth-order valence-corrected chi connectivity index (χ4v) is 1.64. The second-order valence-electron chi connectivity index (χ2n) is 4.89. The lowest BCUT2D eigenvalue weighted by Crippen LogP contribution is -2.04. The van der Waals surface area contributed by atoms with E-state index in [0.717, 1.165) is 12.0 Å². The van der Waals surface area contributed by atoms with Gasteiger partial charge in [-0.2, -0.15) is 0 Å². The van der Waals surface area contributed by atoms with Crippen LogP contribution in [0, 0.1) is 5.92 Å². The van der Waals surface area contributed by atoms with Crippen LogP contribution in [0.2, 0.25) is 0 Å². The molecule has 0 bridgehead atoms. The van der Waals surface area contributed by atoms with Gasteiger partial charge in [0.1, 0.15) is 0 Å². The first-order chi connectivity index (χ1) is 7.86. The SMILES string of the molecule is C=C(C)C(C(=O)O)=C(C)CC=CCCC(C)C. The number of carboxylic acids is 1. The zero-order chi connectivity index (χ0) is 13.4. The lowest BCUT2D eigenvalue weighted by Gasteiger charge is -2.05. The summed E-state index contributed by atoms with van der Waals surface area (Å²) in [6.45, 7) is 11.7. The molecule has 2 nitrogen and oxygen atoms in total. The summed E-state index contributed by atoms with van der Waals surface area (Å²) in [6, 6.07) is 0. The van der Waals surface area contributed by atoms with Crippen molar-refractivity contribution in [3.8, 4) is 0 Å². The molecule has 0 aliphatic carbocycles. The van der Waals surface area contributed by atoms with Crippen molar-refractivity contribution in [3.05, 3.63) is 35.5 Å². The van der Waals surface area contributed by atoms with E-state index < -0.39 is 5.97 Å². The van der Waals surface area contributed by atoms with E-state index in [9.17, 15) is 4.79 Å². The minimum absolute atomic E-state index is 0.360. The number of carboxylic acid groups (broad SMARTS) is 1. The normalized spacial score (nSPS) is 13.0. The monoisotopic (exact) mass is 236 g/mol. The molecule has 0 fully saturated rings. The molecule has 0 spiro atoms. The number of allylic oxidation sites excluding steroid dienone is 3. The Morgan fingerprint density at radius 2 is 1.88 bits per heavy atom. The van der Waals surface area contributed by atoms with Crippen molar-refractivity contribution in [1.29, 1.82) is 0 Å². The zero-order valence-corrected chi connectivity index (χ0v) is 11.4. The number of hydrogen-bond donors (Lipinski definition) is 1. The highest BCUT2D eigenvalue weighted by Crippen LogP contribution is 2.16. The van der Waals surface area contributed by atoms with E-state index in [-0.39, 0.29) is 0 Å². The van der Waals surface area contributed by atoms with E-state index in [1.807, 2.05) is 13.0 Å². The van der Waals surface area contributed by atoms with Gasteiger partial charge in [0.05, 0.1) is 5.57 Å². The molecule has 0 saturated carbocycles. The first-order valence-corrected chi connectivity index (χ1v) is 6.10. The third-order valence-electron chi connectivity index (χ3n) is 2.57. The van der Waals surface area contributed by atoms with E-state index in [1.165, 1.54) is 6.42 Å². The third kappa shape index (κ3) is 6.77. The summed E-state index contributed by atoms with van der Waals surface area (Å²) in [7, 11) is 0. The van der Waals surface area contributed by atoms with Crippen LogP contribution in [0.3, 0.4) is 0 Å². The summed E-state index contributed by atoms with van der Waals surface area (Å²) < 4.78 is 0. The lowest BCUT2D eigenvalue weighted by atomic mass is 10.0. The number of aliphatic carboxylic acids is 1. The Morgan fingerprint density at radius 3 is 2.29 bits per heavy atom. The molecule has 0 amide bonds. The van der Waals surface area contributed by atoms with E-state index >= 15 is 0 Å². The highest BCUT2D eigenvalue weighted by Gasteiger charge is 2.10. The van der Waals surface area contributed by atoms with Gasteiger partial charge in [-0.1, -0.05) is 38.2 Å². The molecule has 0 aliphatic rings. The lowest BCUT2D eigenvalue weighted by molar-refractivity contribution is -0.132. The van der Waals surface area contributed by atoms with Gasteiger partial charge < -0.3 is 5.11 Å². The standard InChI is InChI=1S/C15H24O2/c1-11(2)9-7-6-8-10-13(5)14(12(3)4)15(16)17/h6,8,11H,3,7,9-10H2,1-2,4-5H3,(H,16,17). The van der Waals surface area contributed by atoms with E-state index in [2.05, 4.69) is 26.5 Å². The van der Waals surface area contributed by atoms with Crippen LogP contribution in [0.15, 0.2) is 35.5 Å². The molecule has 0 radical (unpaired) electrons. The Balaban J connectivity index is 4.40. The molecule has 2 heteroatoms. The van der Waals surface area contributed by atoms with Crippen LogP contribution in [0.25, 0.3) is 0 Å². The van der Waals surface area contributed by atoms with Crippen molar-refractivity contribution in [2.45, 2.75) is 47.0 Å². The van der Waals surface area contributed by atoms with Gasteiger partial charge in [-0.05, 0) is 44.6 Å². The highest BCUT2D eigenvalue weighted by molar-refractivity contribution is 5.92. The van der Waals surface area contributed by atoms with Crippen LogP contribution in [-0.2, 0) is 4.79 Å². The average Bonchev–Trinajstić information content (AvgIpc) is 2.15. The Labute approximate surface area is 105 Å². The van der Waals surface area contributed by atoms with Crippen LogP contribution < -0.4 is 0 Å². The Hall–Kier alpha value is -1.31. The van der Waals surface area contributed by atoms with Gasteiger partial charge in [-0.25, -0.2) is 4.79 Å². The van der Waals surface area contributed by atoms with Gasteiger partial charge in [0.2, 0.25) is 0 Å². The van der Waals surface area contributed by atoms with Crippen molar-refractivity contribution in [1.82, 2.24) is 0 Å².